The summed E-state index contributed by atoms with van der Waals surface area (Å²) < 4.78 is 32.9. The Hall–Kier alpha value is -2.93. The van der Waals surface area contributed by atoms with Crippen LogP contribution in [0.2, 0.25) is 0 Å². The molecule has 1 aliphatic rings. The second-order valence-corrected chi connectivity index (χ2v) is 9.06. The number of benzene rings is 2. The highest BCUT2D eigenvalue weighted by atomic mass is 32.2. The van der Waals surface area contributed by atoms with Crippen LogP contribution in [0.5, 0.6) is 5.75 Å². The van der Waals surface area contributed by atoms with Crippen LogP contribution in [0.15, 0.2) is 53.4 Å². The van der Waals surface area contributed by atoms with Gasteiger partial charge >= 0.3 is 0 Å². The number of carbonyl (C=O) groups excluding carboxylic acids is 1. The highest BCUT2D eigenvalue weighted by Gasteiger charge is 2.27. The number of sulfonamides is 1. The van der Waals surface area contributed by atoms with Crippen molar-refractivity contribution in [2.45, 2.75) is 17.9 Å². The number of nitrogens with zero attached hydrogens (tertiary/aromatic N) is 3. The molecule has 1 N–H and O–H groups in total. The normalized spacial score (nSPS) is 16.4. The van der Waals surface area contributed by atoms with Crippen molar-refractivity contribution in [2.24, 2.45) is 0 Å². The van der Waals surface area contributed by atoms with E-state index in [-0.39, 0.29) is 4.90 Å². The summed E-state index contributed by atoms with van der Waals surface area (Å²) in [5, 5.41) is 11.7. The van der Waals surface area contributed by atoms with Crippen LogP contribution in [0, 0.1) is 11.3 Å². The predicted octanol–water partition coefficient (Wildman–Crippen LogP) is 1.90. The van der Waals surface area contributed by atoms with Crippen molar-refractivity contribution in [1.82, 2.24) is 9.21 Å². The zero-order valence-electron chi connectivity index (χ0n) is 16.9. The fraction of sp³-hybridized carbons (Fsp3) is 0.333. The van der Waals surface area contributed by atoms with E-state index in [2.05, 4.69) is 10.2 Å². The minimum Gasteiger partial charge on any atom is -0.481 e. The van der Waals surface area contributed by atoms with Gasteiger partial charge in [-0.1, -0.05) is 12.1 Å². The van der Waals surface area contributed by atoms with E-state index in [1.165, 1.54) is 16.4 Å². The lowest BCUT2D eigenvalue weighted by molar-refractivity contribution is -0.122. The molecule has 1 heterocycles. The van der Waals surface area contributed by atoms with Crippen molar-refractivity contribution in [1.29, 1.82) is 5.26 Å². The van der Waals surface area contributed by atoms with E-state index in [1.807, 2.05) is 13.1 Å². The molecule has 2 aromatic carbocycles. The van der Waals surface area contributed by atoms with Crippen molar-refractivity contribution in [2.75, 3.05) is 38.5 Å². The third-order valence-corrected chi connectivity index (χ3v) is 6.74. The third kappa shape index (κ3) is 5.16. The maximum atomic E-state index is 12.9. The van der Waals surface area contributed by atoms with Crippen LogP contribution in [0.1, 0.15) is 12.5 Å². The van der Waals surface area contributed by atoms with Crippen molar-refractivity contribution >= 4 is 21.6 Å². The summed E-state index contributed by atoms with van der Waals surface area (Å²) in [6.07, 6.45) is -0.836. The SMILES string of the molecule is CC(Oc1cccc(C#N)c1)C(=O)Nc1cccc(S(=O)(=O)N2CCN(C)CC2)c1. The standard InChI is InChI=1S/C21H24N4O4S/c1-16(29-19-7-3-5-17(13-19)15-22)21(26)23-18-6-4-8-20(14-18)30(27,28)25-11-9-24(2)10-12-25/h3-8,13-14,16H,9-12H2,1-2H3,(H,23,26). The third-order valence-electron chi connectivity index (χ3n) is 4.85. The molecule has 0 saturated carbocycles. The first-order valence-electron chi connectivity index (χ1n) is 9.56. The van der Waals surface area contributed by atoms with Gasteiger partial charge in [-0.25, -0.2) is 8.42 Å². The molecule has 3 rings (SSSR count). The second-order valence-electron chi connectivity index (χ2n) is 7.12. The number of hydrogen-bond donors (Lipinski definition) is 1. The number of hydrogen-bond acceptors (Lipinski definition) is 6. The Morgan fingerprint density at radius 3 is 2.53 bits per heavy atom. The Kier molecular flexibility index (Phi) is 6.72. The number of amides is 1. The Morgan fingerprint density at radius 2 is 1.83 bits per heavy atom. The van der Waals surface area contributed by atoms with Gasteiger partial charge in [0, 0.05) is 31.9 Å². The highest BCUT2D eigenvalue weighted by Crippen LogP contribution is 2.21. The molecule has 158 valence electrons. The van der Waals surface area contributed by atoms with E-state index in [9.17, 15) is 13.2 Å². The summed E-state index contributed by atoms with van der Waals surface area (Å²) in [6.45, 7) is 3.80. The largest absolute Gasteiger partial charge is 0.481 e. The number of rotatable bonds is 6. The Balaban J connectivity index is 1.68. The summed E-state index contributed by atoms with van der Waals surface area (Å²) in [4.78, 5) is 14.7. The summed E-state index contributed by atoms with van der Waals surface area (Å²) in [6, 6.07) is 14.7. The topological polar surface area (TPSA) is 103 Å². The predicted molar refractivity (Wildman–Crippen MR) is 113 cm³/mol. The number of ether oxygens (including phenoxy) is 1. The summed E-state index contributed by atoms with van der Waals surface area (Å²) >= 11 is 0. The van der Waals surface area contributed by atoms with E-state index in [0.29, 0.717) is 43.2 Å². The molecule has 8 nitrogen and oxygen atoms in total. The first-order chi connectivity index (χ1) is 14.3. The molecule has 1 fully saturated rings. The van der Waals surface area contributed by atoms with Gasteiger partial charge in [-0.05, 0) is 50.4 Å². The average molecular weight is 429 g/mol. The fourth-order valence-corrected chi connectivity index (χ4v) is 4.52. The molecule has 30 heavy (non-hydrogen) atoms. The summed E-state index contributed by atoms with van der Waals surface area (Å²) in [7, 11) is -1.67. The fourth-order valence-electron chi connectivity index (χ4n) is 3.05. The minimum absolute atomic E-state index is 0.139. The van der Waals surface area contributed by atoms with Gasteiger partial charge in [0.15, 0.2) is 6.10 Å². The van der Waals surface area contributed by atoms with Crippen molar-refractivity contribution in [3.63, 3.8) is 0 Å². The number of piperazine rings is 1. The maximum Gasteiger partial charge on any atom is 0.265 e. The van der Waals surface area contributed by atoms with Crippen LogP contribution < -0.4 is 10.1 Å². The monoisotopic (exact) mass is 428 g/mol. The van der Waals surface area contributed by atoms with Crippen LogP contribution in [-0.2, 0) is 14.8 Å². The van der Waals surface area contributed by atoms with Crippen LogP contribution in [0.25, 0.3) is 0 Å². The number of nitrogens with one attached hydrogen (secondary N) is 1. The lowest BCUT2D eigenvalue weighted by atomic mass is 10.2. The molecule has 0 aromatic heterocycles. The average Bonchev–Trinajstić information content (AvgIpc) is 2.74. The van der Waals surface area contributed by atoms with Crippen LogP contribution >= 0.6 is 0 Å². The molecule has 0 aliphatic carbocycles. The zero-order chi connectivity index (χ0) is 21.7. The van der Waals surface area contributed by atoms with Gasteiger partial charge in [-0.3, -0.25) is 4.79 Å². The van der Waals surface area contributed by atoms with E-state index in [0.717, 1.165) is 0 Å². The van der Waals surface area contributed by atoms with Gasteiger partial charge < -0.3 is 15.0 Å². The molecule has 1 unspecified atom stereocenters. The van der Waals surface area contributed by atoms with Crippen LogP contribution in [0.4, 0.5) is 5.69 Å². The van der Waals surface area contributed by atoms with E-state index in [1.54, 1.807) is 43.3 Å². The lowest BCUT2D eigenvalue weighted by Gasteiger charge is -2.31. The zero-order valence-corrected chi connectivity index (χ0v) is 17.7. The molecule has 9 heteroatoms. The van der Waals surface area contributed by atoms with Gasteiger partial charge in [-0.15, -0.1) is 0 Å². The molecule has 1 amide bonds. The first-order valence-corrected chi connectivity index (χ1v) is 11.0. The summed E-state index contributed by atoms with van der Waals surface area (Å²) in [5.74, 6) is -0.0189. The Morgan fingerprint density at radius 1 is 1.13 bits per heavy atom. The Labute approximate surface area is 176 Å². The molecular formula is C21H24N4O4S. The Bertz CT molecular complexity index is 1060. The van der Waals surface area contributed by atoms with Crippen molar-refractivity contribution in [3.05, 3.63) is 54.1 Å². The summed E-state index contributed by atoms with van der Waals surface area (Å²) in [5.41, 5.74) is 0.804. The molecular weight excluding hydrogens is 404 g/mol. The molecule has 1 aliphatic heterocycles. The quantitative estimate of drug-likeness (QED) is 0.754. The highest BCUT2D eigenvalue weighted by molar-refractivity contribution is 7.89. The van der Waals surface area contributed by atoms with Crippen LogP contribution in [0.3, 0.4) is 0 Å². The van der Waals surface area contributed by atoms with Crippen molar-refractivity contribution in [3.8, 4) is 11.8 Å². The number of likely N-dealkylation sites (N-methyl/N-ethyl adjacent to an activating group) is 1. The van der Waals surface area contributed by atoms with Gasteiger partial charge in [0.2, 0.25) is 10.0 Å². The molecule has 0 radical (unpaired) electrons. The molecule has 0 spiro atoms. The smallest absolute Gasteiger partial charge is 0.265 e. The van der Waals surface area contributed by atoms with E-state index >= 15 is 0 Å². The first kappa shape index (κ1) is 21.8. The number of nitriles is 1. The van der Waals surface area contributed by atoms with Gasteiger partial charge in [0.25, 0.3) is 5.91 Å². The molecule has 1 saturated heterocycles. The lowest BCUT2D eigenvalue weighted by Crippen LogP contribution is -2.47. The van der Waals surface area contributed by atoms with Crippen molar-refractivity contribution < 1.29 is 17.9 Å². The van der Waals surface area contributed by atoms with Gasteiger partial charge in [0.05, 0.1) is 16.5 Å². The maximum absolute atomic E-state index is 12.9. The van der Waals surface area contributed by atoms with Gasteiger partial charge in [0.1, 0.15) is 5.75 Å². The van der Waals surface area contributed by atoms with E-state index < -0.39 is 22.0 Å². The van der Waals surface area contributed by atoms with Crippen LogP contribution in [-0.4, -0.2) is 62.9 Å². The molecule has 1 atom stereocenters. The number of carbonyl (C=O) groups is 1. The molecule has 2 aromatic rings. The van der Waals surface area contributed by atoms with E-state index in [4.69, 9.17) is 10.00 Å². The van der Waals surface area contributed by atoms with Gasteiger partial charge in [-0.2, -0.15) is 9.57 Å². The minimum atomic E-state index is -3.63. The second kappa shape index (κ2) is 9.26. The number of anilines is 1. The molecule has 0 bridgehead atoms.